The molecule has 3 heterocycles. The van der Waals surface area contributed by atoms with Crippen molar-refractivity contribution in [1.29, 1.82) is 5.41 Å². The van der Waals surface area contributed by atoms with Crippen molar-refractivity contribution >= 4 is 45.4 Å². The third-order valence-corrected chi connectivity index (χ3v) is 9.67. The Labute approximate surface area is 206 Å². The summed E-state index contributed by atoms with van der Waals surface area (Å²) < 4.78 is 1.98. The maximum absolute atomic E-state index is 13.3. The highest BCUT2D eigenvalue weighted by Gasteiger charge is 2.53. The maximum atomic E-state index is 13.3. The average molecular weight is 488 g/mol. The first-order valence-electron chi connectivity index (χ1n) is 12.0. The van der Waals surface area contributed by atoms with Gasteiger partial charge in [-0.05, 0) is 86.2 Å². The summed E-state index contributed by atoms with van der Waals surface area (Å²) in [6.07, 6.45) is 13.5. The zero-order chi connectivity index (χ0) is 22.9. The quantitative estimate of drug-likeness (QED) is 0.468. The fourth-order valence-electron chi connectivity index (χ4n) is 7.15. The molecular formula is C26H25N5OS2. The molecule has 3 aromatic rings. The van der Waals surface area contributed by atoms with Gasteiger partial charge in [-0.15, -0.1) is 11.3 Å². The van der Waals surface area contributed by atoms with Crippen LogP contribution in [0.25, 0.3) is 11.8 Å². The highest BCUT2D eigenvalue weighted by Crippen LogP contribution is 2.61. The van der Waals surface area contributed by atoms with E-state index >= 15 is 0 Å². The van der Waals surface area contributed by atoms with Gasteiger partial charge >= 0.3 is 0 Å². The van der Waals surface area contributed by atoms with Crippen LogP contribution < -0.4 is 4.90 Å². The Kier molecular flexibility index (Phi) is 4.64. The van der Waals surface area contributed by atoms with Crippen LogP contribution in [0.2, 0.25) is 0 Å². The minimum Gasteiger partial charge on any atom is -0.278 e. The number of hydrogen-bond acceptors (Lipinski definition) is 6. The lowest BCUT2D eigenvalue weighted by Gasteiger charge is -2.56. The zero-order valence-corrected chi connectivity index (χ0v) is 20.3. The first kappa shape index (κ1) is 20.6. The largest absolute Gasteiger partial charge is 0.278 e. The van der Waals surface area contributed by atoms with Crippen LogP contribution >= 0.6 is 23.1 Å². The van der Waals surface area contributed by atoms with Crippen molar-refractivity contribution < 1.29 is 4.79 Å². The number of nitrogens with zero attached hydrogens (tertiary/aromatic N) is 4. The first-order chi connectivity index (χ1) is 16.6. The number of thiazole rings is 1. The van der Waals surface area contributed by atoms with Gasteiger partial charge in [-0.3, -0.25) is 10.2 Å². The topological polar surface area (TPSA) is 74.9 Å². The Morgan fingerprint density at radius 1 is 1.06 bits per heavy atom. The zero-order valence-electron chi connectivity index (χ0n) is 18.7. The predicted octanol–water partition coefficient (Wildman–Crippen LogP) is 5.85. The molecule has 6 nitrogen and oxygen atoms in total. The van der Waals surface area contributed by atoms with Crippen LogP contribution in [0.15, 0.2) is 53.0 Å². The molecule has 1 aliphatic heterocycles. The molecule has 1 saturated heterocycles. The SMILES string of the molecule is N=C1S/C(=C\c2cn(-c3ccccc3)nc2C23CC4CC(CC(C4)C2)C3)C(=O)N1c1nccs1. The molecule has 5 fully saturated rings. The smallest absolute Gasteiger partial charge is 0.273 e. The Hall–Kier alpha value is -2.71. The van der Waals surface area contributed by atoms with E-state index in [1.54, 1.807) is 6.20 Å². The summed E-state index contributed by atoms with van der Waals surface area (Å²) in [7, 11) is 0. The lowest BCUT2D eigenvalue weighted by atomic mass is 9.48. The van der Waals surface area contributed by atoms with Gasteiger partial charge in [0.05, 0.1) is 16.3 Å². The summed E-state index contributed by atoms with van der Waals surface area (Å²) in [6.45, 7) is 0. The molecule has 172 valence electrons. The number of para-hydroxylation sites is 1. The van der Waals surface area contributed by atoms with Gasteiger partial charge in [0.2, 0.25) is 0 Å². The lowest BCUT2D eigenvalue weighted by molar-refractivity contribution is -0.113. The van der Waals surface area contributed by atoms with E-state index in [9.17, 15) is 4.79 Å². The second-order valence-electron chi connectivity index (χ2n) is 10.3. The number of hydrogen-bond donors (Lipinski definition) is 1. The van der Waals surface area contributed by atoms with E-state index in [2.05, 4.69) is 23.3 Å². The summed E-state index contributed by atoms with van der Waals surface area (Å²) in [6, 6.07) is 10.2. The van der Waals surface area contributed by atoms with Crippen LogP contribution in [0.4, 0.5) is 5.13 Å². The molecule has 0 unspecified atom stereocenters. The van der Waals surface area contributed by atoms with Crippen molar-refractivity contribution in [3.05, 3.63) is 64.3 Å². The molecule has 1 aromatic carbocycles. The monoisotopic (exact) mass is 487 g/mol. The Bertz CT molecular complexity index is 1270. The number of carbonyl (C=O) groups excluding carboxylic acids is 1. The number of thioether (sulfide) groups is 1. The molecule has 0 spiro atoms. The van der Waals surface area contributed by atoms with Gasteiger partial charge in [0.1, 0.15) is 0 Å². The number of amides is 1. The summed E-state index contributed by atoms with van der Waals surface area (Å²) in [5.74, 6) is 2.26. The Balaban J connectivity index is 1.33. The molecule has 4 bridgehead atoms. The van der Waals surface area contributed by atoms with Crippen LogP contribution in [-0.4, -0.2) is 25.8 Å². The molecule has 4 saturated carbocycles. The van der Waals surface area contributed by atoms with Gasteiger partial charge in [-0.2, -0.15) is 5.10 Å². The van der Waals surface area contributed by atoms with Crippen LogP contribution in [0.3, 0.4) is 0 Å². The summed E-state index contributed by atoms with van der Waals surface area (Å²) in [5, 5.41) is 16.2. The molecular weight excluding hydrogens is 462 g/mol. The van der Waals surface area contributed by atoms with Crippen molar-refractivity contribution in [2.75, 3.05) is 4.90 Å². The third kappa shape index (κ3) is 3.22. The lowest BCUT2D eigenvalue weighted by Crippen LogP contribution is -2.49. The summed E-state index contributed by atoms with van der Waals surface area (Å²) in [4.78, 5) is 19.5. The summed E-state index contributed by atoms with van der Waals surface area (Å²) >= 11 is 2.59. The van der Waals surface area contributed by atoms with Crippen molar-refractivity contribution in [2.24, 2.45) is 17.8 Å². The molecule has 2 aromatic heterocycles. The van der Waals surface area contributed by atoms with Crippen LogP contribution in [0.5, 0.6) is 0 Å². The van der Waals surface area contributed by atoms with Crippen LogP contribution in [0, 0.1) is 23.2 Å². The molecule has 4 aliphatic carbocycles. The predicted molar refractivity (Wildman–Crippen MR) is 136 cm³/mol. The van der Waals surface area contributed by atoms with E-state index < -0.39 is 0 Å². The average Bonchev–Trinajstić information content (AvgIpc) is 3.54. The van der Waals surface area contributed by atoms with E-state index in [0.717, 1.165) is 34.7 Å². The fraction of sp³-hybridized carbons (Fsp3) is 0.385. The number of nitrogens with one attached hydrogen (secondary N) is 1. The Morgan fingerprint density at radius 2 is 1.76 bits per heavy atom. The number of carbonyl (C=O) groups is 1. The molecule has 0 atom stereocenters. The van der Waals surface area contributed by atoms with E-state index in [4.69, 9.17) is 10.5 Å². The number of anilines is 1. The molecule has 8 heteroatoms. The molecule has 34 heavy (non-hydrogen) atoms. The van der Waals surface area contributed by atoms with Gasteiger partial charge in [-0.1, -0.05) is 18.2 Å². The second-order valence-corrected chi connectivity index (χ2v) is 12.2. The number of rotatable bonds is 4. The van der Waals surface area contributed by atoms with E-state index in [1.165, 1.54) is 66.5 Å². The number of benzene rings is 1. The van der Waals surface area contributed by atoms with Crippen molar-refractivity contribution in [3.8, 4) is 5.69 Å². The number of aromatic nitrogens is 3. The highest BCUT2D eigenvalue weighted by molar-refractivity contribution is 8.19. The van der Waals surface area contributed by atoms with Crippen molar-refractivity contribution in [2.45, 2.75) is 43.9 Å². The van der Waals surface area contributed by atoms with Crippen molar-refractivity contribution in [1.82, 2.24) is 14.8 Å². The molecule has 8 rings (SSSR count). The normalized spacial score (nSPS) is 31.2. The first-order valence-corrected chi connectivity index (χ1v) is 13.7. The molecule has 1 N–H and O–H groups in total. The van der Waals surface area contributed by atoms with Gasteiger partial charge < -0.3 is 0 Å². The van der Waals surface area contributed by atoms with Gasteiger partial charge in [0.25, 0.3) is 5.91 Å². The van der Waals surface area contributed by atoms with Crippen molar-refractivity contribution in [3.63, 3.8) is 0 Å². The minimum absolute atomic E-state index is 0.107. The second kappa shape index (κ2) is 7.65. The standard InChI is InChI=1S/C26H25N5OS2/c27-24-31(25-28-6-7-33-25)23(32)21(34-24)11-19-15-30(20-4-2-1-3-5-20)29-22(19)26-12-16-8-17(13-26)10-18(9-16)14-26/h1-7,11,15-18,27H,8-10,12-14H2/b21-11-,27-24?. The highest BCUT2D eigenvalue weighted by atomic mass is 32.2. The maximum Gasteiger partial charge on any atom is 0.273 e. The van der Waals surface area contributed by atoms with E-state index in [-0.39, 0.29) is 16.5 Å². The van der Waals surface area contributed by atoms with Crippen LogP contribution in [0.1, 0.15) is 49.8 Å². The van der Waals surface area contributed by atoms with Gasteiger partial charge in [0, 0.05) is 28.8 Å². The fourth-order valence-corrected chi connectivity index (χ4v) is 8.68. The molecule has 0 radical (unpaired) electrons. The van der Waals surface area contributed by atoms with E-state index in [0.29, 0.717) is 10.0 Å². The minimum atomic E-state index is -0.172. The Morgan fingerprint density at radius 3 is 2.41 bits per heavy atom. The van der Waals surface area contributed by atoms with Gasteiger partial charge in [0.15, 0.2) is 10.3 Å². The van der Waals surface area contributed by atoms with Crippen LogP contribution in [-0.2, 0) is 10.2 Å². The summed E-state index contributed by atoms with van der Waals surface area (Å²) in [5.41, 5.74) is 3.31. The van der Waals surface area contributed by atoms with E-state index in [1.807, 2.05) is 34.3 Å². The number of amidine groups is 1. The third-order valence-electron chi connectivity index (χ3n) is 8.02. The molecule has 5 aliphatic rings. The molecule has 1 amide bonds. The van der Waals surface area contributed by atoms with Gasteiger partial charge in [-0.25, -0.2) is 14.6 Å².